The molecule has 0 saturated heterocycles. The molecule has 4 rings (SSSR count). The van der Waals surface area contributed by atoms with Crippen LogP contribution in [0.5, 0.6) is 0 Å². The van der Waals surface area contributed by atoms with Crippen LogP contribution in [-0.2, 0) is 32.6 Å². The third-order valence-electron chi connectivity index (χ3n) is 6.49. The van der Waals surface area contributed by atoms with Crippen LogP contribution in [0.2, 0.25) is 5.02 Å². The van der Waals surface area contributed by atoms with Crippen LogP contribution in [0.1, 0.15) is 11.1 Å². The van der Waals surface area contributed by atoms with Gasteiger partial charge >= 0.3 is 0 Å². The first-order valence-electron chi connectivity index (χ1n) is 12.8. The molecule has 1 N–H and O–H groups in total. The zero-order chi connectivity index (χ0) is 29.4. The van der Waals surface area contributed by atoms with Gasteiger partial charge in [0.15, 0.2) is 0 Å². The number of likely N-dealkylation sites (N-methyl/N-ethyl adjacent to an activating group) is 1. The standard InChI is InChI=1S/C31H29BrClN3O4S/c1-34-31(38)29(19-23-9-4-2-5-10-23)35(21-24-15-17-25(32)18-16-24)30(37)22-36(27-12-8-11-26(33)20-27)41(39,40)28-13-6-3-7-14-28/h2-18,20,29H,19,21-22H2,1H3,(H,34,38)/t29-/m0/s1. The lowest BCUT2D eigenvalue weighted by atomic mass is 10.0. The molecule has 0 aliphatic heterocycles. The van der Waals surface area contributed by atoms with Gasteiger partial charge in [-0.25, -0.2) is 8.42 Å². The van der Waals surface area contributed by atoms with E-state index in [0.29, 0.717) is 5.02 Å². The van der Waals surface area contributed by atoms with E-state index >= 15 is 0 Å². The fraction of sp³-hybridized carbons (Fsp3) is 0.161. The van der Waals surface area contributed by atoms with Crippen molar-refractivity contribution in [3.8, 4) is 0 Å². The second-order valence-electron chi connectivity index (χ2n) is 9.27. The van der Waals surface area contributed by atoms with Crippen LogP contribution in [0.15, 0.2) is 119 Å². The van der Waals surface area contributed by atoms with Crippen molar-refractivity contribution in [3.05, 3.63) is 130 Å². The van der Waals surface area contributed by atoms with Gasteiger partial charge in [-0.1, -0.05) is 94.3 Å². The highest BCUT2D eigenvalue weighted by molar-refractivity contribution is 9.10. The molecule has 10 heteroatoms. The second kappa shape index (κ2) is 13.8. The van der Waals surface area contributed by atoms with Gasteiger partial charge in [-0.15, -0.1) is 0 Å². The SMILES string of the molecule is CNC(=O)[C@H](Cc1ccccc1)N(Cc1ccc(Br)cc1)C(=O)CN(c1cccc(Cl)c1)S(=O)(=O)c1ccccc1. The van der Waals surface area contributed by atoms with E-state index in [0.717, 1.165) is 19.9 Å². The molecular formula is C31H29BrClN3O4S. The van der Waals surface area contributed by atoms with E-state index in [4.69, 9.17) is 11.6 Å². The molecule has 0 bridgehead atoms. The lowest BCUT2D eigenvalue weighted by Gasteiger charge is -2.33. The molecule has 0 spiro atoms. The lowest BCUT2D eigenvalue weighted by molar-refractivity contribution is -0.139. The Balaban J connectivity index is 1.78. The average molecular weight is 655 g/mol. The van der Waals surface area contributed by atoms with Gasteiger partial charge in [0.05, 0.1) is 10.6 Å². The highest BCUT2D eigenvalue weighted by Crippen LogP contribution is 2.27. The van der Waals surface area contributed by atoms with Crippen LogP contribution >= 0.6 is 27.5 Å². The van der Waals surface area contributed by atoms with E-state index in [1.54, 1.807) is 36.4 Å². The topological polar surface area (TPSA) is 86.8 Å². The molecule has 0 aliphatic carbocycles. The van der Waals surface area contributed by atoms with Crippen LogP contribution in [-0.4, -0.2) is 44.8 Å². The Kier molecular flexibility index (Phi) is 10.2. The van der Waals surface area contributed by atoms with Crippen molar-refractivity contribution in [2.24, 2.45) is 0 Å². The summed E-state index contributed by atoms with van der Waals surface area (Å²) >= 11 is 9.66. The minimum atomic E-state index is -4.17. The molecular weight excluding hydrogens is 626 g/mol. The number of anilines is 1. The number of rotatable bonds is 11. The molecule has 7 nitrogen and oxygen atoms in total. The van der Waals surface area contributed by atoms with Crippen LogP contribution in [0.4, 0.5) is 5.69 Å². The van der Waals surface area contributed by atoms with Gasteiger partial charge in [-0.05, 0) is 53.6 Å². The summed E-state index contributed by atoms with van der Waals surface area (Å²) in [4.78, 5) is 28.9. The summed E-state index contributed by atoms with van der Waals surface area (Å²) in [5.41, 5.74) is 1.87. The summed E-state index contributed by atoms with van der Waals surface area (Å²) in [6.07, 6.45) is 0.241. The predicted octanol–water partition coefficient (Wildman–Crippen LogP) is 5.68. The number of amides is 2. The number of nitrogens with one attached hydrogen (secondary N) is 1. The molecule has 0 radical (unpaired) electrons. The third-order valence-corrected chi connectivity index (χ3v) is 9.04. The summed E-state index contributed by atoms with van der Waals surface area (Å²) in [5, 5.41) is 3.00. The van der Waals surface area contributed by atoms with Crippen LogP contribution < -0.4 is 9.62 Å². The molecule has 212 valence electrons. The van der Waals surface area contributed by atoms with Gasteiger partial charge in [0.25, 0.3) is 10.0 Å². The van der Waals surface area contributed by atoms with Crippen molar-refractivity contribution >= 4 is 55.1 Å². The van der Waals surface area contributed by atoms with Crippen LogP contribution in [0.25, 0.3) is 0 Å². The van der Waals surface area contributed by atoms with E-state index in [9.17, 15) is 18.0 Å². The molecule has 0 aliphatic rings. The molecule has 0 heterocycles. The summed E-state index contributed by atoms with van der Waals surface area (Å²) in [6, 6.07) is 30.1. The lowest BCUT2D eigenvalue weighted by Crippen LogP contribution is -2.53. The number of hydrogen-bond donors (Lipinski definition) is 1. The summed E-state index contributed by atoms with van der Waals surface area (Å²) in [7, 11) is -2.65. The molecule has 0 aromatic heterocycles. The second-order valence-corrected chi connectivity index (χ2v) is 12.5. The minimum absolute atomic E-state index is 0.0272. The van der Waals surface area contributed by atoms with Crippen molar-refractivity contribution in [3.63, 3.8) is 0 Å². The fourth-order valence-electron chi connectivity index (χ4n) is 4.39. The number of sulfonamides is 1. The molecule has 41 heavy (non-hydrogen) atoms. The van der Waals surface area contributed by atoms with Crippen molar-refractivity contribution in [1.82, 2.24) is 10.2 Å². The Hall–Kier alpha value is -3.66. The number of carbonyl (C=O) groups excluding carboxylic acids is 2. The Morgan fingerprint density at radius 2 is 1.49 bits per heavy atom. The van der Waals surface area contributed by atoms with Gasteiger partial charge in [0, 0.05) is 29.5 Å². The number of benzene rings is 4. The first kappa shape index (κ1) is 30.3. The zero-order valence-electron chi connectivity index (χ0n) is 22.3. The Bertz CT molecular complexity index is 1590. The fourth-order valence-corrected chi connectivity index (χ4v) is 6.26. The summed E-state index contributed by atoms with van der Waals surface area (Å²) in [5.74, 6) is -0.906. The Morgan fingerprint density at radius 3 is 2.10 bits per heavy atom. The van der Waals surface area contributed by atoms with E-state index in [-0.39, 0.29) is 29.5 Å². The van der Waals surface area contributed by atoms with Crippen molar-refractivity contribution in [2.75, 3.05) is 17.9 Å². The van der Waals surface area contributed by atoms with E-state index < -0.39 is 28.5 Å². The molecule has 2 amide bonds. The third kappa shape index (κ3) is 7.75. The maximum atomic E-state index is 14.2. The average Bonchev–Trinajstić information content (AvgIpc) is 2.99. The number of halogens is 2. The number of carbonyl (C=O) groups is 2. The first-order chi connectivity index (χ1) is 19.7. The van der Waals surface area contributed by atoms with Gasteiger partial charge < -0.3 is 10.2 Å². The molecule has 1 atom stereocenters. The summed E-state index contributed by atoms with van der Waals surface area (Å²) in [6.45, 7) is -0.456. The van der Waals surface area contributed by atoms with Gasteiger partial charge in [-0.3, -0.25) is 13.9 Å². The van der Waals surface area contributed by atoms with Crippen LogP contribution in [0.3, 0.4) is 0 Å². The largest absolute Gasteiger partial charge is 0.357 e. The highest BCUT2D eigenvalue weighted by Gasteiger charge is 2.34. The molecule has 0 fully saturated rings. The number of hydrogen-bond acceptors (Lipinski definition) is 4. The maximum absolute atomic E-state index is 14.2. The van der Waals surface area contributed by atoms with Crippen molar-refractivity contribution in [1.29, 1.82) is 0 Å². The number of nitrogens with zero attached hydrogens (tertiary/aromatic N) is 2. The smallest absolute Gasteiger partial charge is 0.264 e. The van der Waals surface area contributed by atoms with E-state index in [1.807, 2.05) is 54.6 Å². The monoisotopic (exact) mass is 653 g/mol. The molecule has 4 aromatic carbocycles. The minimum Gasteiger partial charge on any atom is -0.357 e. The van der Waals surface area contributed by atoms with E-state index in [1.165, 1.54) is 30.1 Å². The van der Waals surface area contributed by atoms with Crippen molar-refractivity contribution in [2.45, 2.75) is 23.9 Å². The quantitative estimate of drug-likeness (QED) is 0.225. The van der Waals surface area contributed by atoms with Crippen molar-refractivity contribution < 1.29 is 18.0 Å². The molecule has 0 saturated carbocycles. The Labute approximate surface area is 253 Å². The first-order valence-corrected chi connectivity index (χ1v) is 15.4. The highest BCUT2D eigenvalue weighted by atomic mass is 79.9. The van der Waals surface area contributed by atoms with Gasteiger partial charge in [0.1, 0.15) is 12.6 Å². The molecule has 0 unspecified atom stereocenters. The summed E-state index contributed by atoms with van der Waals surface area (Å²) < 4.78 is 29.7. The van der Waals surface area contributed by atoms with E-state index in [2.05, 4.69) is 21.2 Å². The zero-order valence-corrected chi connectivity index (χ0v) is 25.4. The molecule has 4 aromatic rings. The maximum Gasteiger partial charge on any atom is 0.264 e. The Morgan fingerprint density at radius 1 is 0.854 bits per heavy atom. The van der Waals surface area contributed by atoms with Crippen LogP contribution in [0, 0.1) is 0 Å². The predicted molar refractivity (Wildman–Crippen MR) is 165 cm³/mol. The van der Waals surface area contributed by atoms with Gasteiger partial charge in [-0.2, -0.15) is 0 Å². The normalized spacial score (nSPS) is 11.9. The van der Waals surface area contributed by atoms with Gasteiger partial charge in [0.2, 0.25) is 11.8 Å².